The molecule has 96 valence electrons. The predicted molar refractivity (Wildman–Crippen MR) is 76.8 cm³/mol. The van der Waals surface area contributed by atoms with Gasteiger partial charge < -0.3 is 10.6 Å². The highest BCUT2D eigenvalue weighted by molar-refractivity contribution is 9.10. The summed E-state index contributed by atoms with van der Waals surface area (Å²) >= 11 is 3.48. The zero-order valence-electron chi connectivity index (χ0n) is 10.4. The summed E-state index contributed by atoms with van der Waals surface area (Å²) in [4.78, 5) is 12.4. The Kier molecular flexibility index (Phi) is 2.85. The van der Waals surface area contributed by atoms with Crippen LogP contribution in [0.2, 0.25) is 0 Å². The van der Waals surface area contributed by atoms with E-state index in [1.54, 1.807) is 0 Å². The molecule has 1 aliphatic heterocycles. The molecular formula is C14H17BrN2O. The standard InChI is InChI=1S/C14H17BrN2O/c1-9-3-2-6-14(8-9)13(18)16-11-5-4-10(15)7-12(11)17-14/h4-5,7,9,17H,2-3,6,8H2,1H3,(H,16,18). The van der Waals surface area contributed by atoms with E-state index in [9.17, 15) is 4.79 Å². The van der Waals surface area contributed by atoms with Gasteiger partial charge in [0.15, 0.2) is 0 Å². The van der Waals surface area contributed by atoms with Crippen LogP contribution in [0.15, 0.2) is 22.7 Å². The Hall–Kier alpha value is -1.03. The van der Waals surface area contributed by atoms with E-state index in [1.165, 1.54) is 6.42 Å². The second-order valence-corrected chi connectivity index (χ2v) is 6.47. The first kappa shape index (κ1) is 12.0. The van der Waals surface area contributed by atoms with Crippen LogP contribution in [0.4, 0.5) is 11.4 Å². The van der Waals surface area contributed by atoms with Crippen molar-refractivity contribution in [3.63, 3.8) is 0 Å². The first-order chi connectivity index (χ1) is 8.59. The molecule has 2 unspecified atom stereocenters. The number of anilines is 2. The quantitative estimate of drug-likeness (QED) is 0.766. The molecule has 18 heavy (non-hydrogen) atoms. The molecule has 1 spiro atoms. The fourth-order valence-electron chi connectivity index (χ4n) is 3.16. The Morgan fingerprint density at radius 2 is 2.22 bits per heavy atom. The second kappa shape index (κ2) is 4.26. The molecule has 1 aromatic rings. The molecule has 0 aromatic heterocycles. The van der Waals surface area contributed by atoms with Gasteiger partial charge in [-0.15, -0.1) is 0 Å². The third-order valence-corrected chi connectivity index (χ3v) is 4.53. The van der Waals surface area contributed by atoms with Crippen molar-refractivity contribution in [1.82, 2.24) is 0 Å². The molecule has 2 N–H and O–H groups in total. The summed E-state index contributed by atoms with van der Waals surface area (Å²) in [5, 5.41) is 6.54. The van der Waals surface area contributed by atoms with E-state index < -0.39 is 5.54 Å². The van der Waals surface area contributed by atoms with E-state index in [4.69, 9.17) is 0 Å². The van der Waals surface area contributed by atoms with Crippen molar-refractivity contribution in [3.8, 4) is 0 Å². The average Bonchev–Trinajstić information content (AvgIpc) is 2.31. The normalized spacial score (nSPS) is 30.6. The largest absolute Gasteiger partial charge is 0.369 e. The maximum atomic E-state index is 12.4. The molecule has 3 nitrogen and oxygen atoms in total. The van der Waals surface area contributed by atoms with Crippen LogP contribution >= 0.6 is 15.9 Å². The summed E-state index contributed by atoms with van der Waals surface area (Å²) in [5.41, 5.74) is 1.51. The van der Waals surface area contributed by atoms with Gasteiger partial charge in [-0.1, -0.05) is 35.7 Å². The highest BCUT2D eigenvalue weighted by Crippen LogP contribution is 2.41. The number of rotatable bonds is 0. The summed E-state index contributed by atoms with van der Waals surface area (Å²) in [7, 11) is 0. The monoisotopic (exact) mass is 308 g/mol. The Morgan fingerprint density at radius 3 is 3.00 bits per heavy atom. The van der Waals surface area contributed by atoms with Crippen molar-refractivity contribution in [1.29, 1.82) is 0 Å². The molecule has 1 aromatic carbocycles. The van der Waals surface area contributed by atoms with E-state index in [2.05, 4.69) is 33.5 Å². The number of hydrogen-bond donors (Lipinski definition) is 2. The van der Waals surface area contributed by atoms with Gasteiger partial charge in [0.1, 0.15) is 5.54 Å². The number of benzene rings is 1. The minimum Gasteiger partial charge on any atom is -0.369 e. The van der Waals surface area contributed by atoms with Gasteiger partial charge in [-0.2, -0.15) is 0 Å². The first-order valence-electron chi connectivity index (χ1n) is 6.48. The topological polar surface area (TPSA) is 41.1 Å². The molecule has 0 radical (unpaired) electrons. The van der Waals surface area contributed by atoms with Gasteiger partial charge in [0.25, 0.3) is 0 Å². The molecule has 1 saturated carbocycles. The lowest BCUT2D eigenvalue weighted by Crippen LogP contribution is -2.54. The van der Waals surface area contributed by atoms with Crippen LogP contribution in [-0.2, 0) is 4.79 Å². The van der Waals surface area contributed by atoms with E-state index in [0.717, 1.165) is 35.1 Å². The summed E-state index contributed by atoms with van der Waals surface area (Å²) < 4.78 is 1.03. The van der Waals surface area contributed by atoms with Crippen molar-refractivity contribution in [3.05, 3.63) is 22.7 Å². The molecule has 0 bridgehead atoms. The van der Waals surface area contributed by atoms with Crippen LogP contribution in [0.25, 0.3) is 0 Å². The maximum Gasteiger partial charge on any atom is 0.250 e. The van der Waals surface area contributed by atoms with Crippen molar-refractivity contribution in [2.24, 2.45) is 5.92 Å². The molecule has 0 saturated heterocycles. The number of carbonyl (C=O) groups excluding carboxylic acids is 1. The third-order valence-electron chi connectivity index (χ3n) is 4.04. The van der Waals surface area contributed by atoms with Gasteiger partial charge in [0.2, 0.25) is 5.91 Å². The lowest BCUT2D eigenvalue weighted by molar-refractivity contribution is -0.122. The van der Waals surface area contributed by atoms with Crippen LogP contribution in [0.5, 0.6) is 0 Å². The number of halogens is 1. The Bertz CT molecular complexity index is 503. The highest BCUT2D eigenvalue weighted by Gasteiger charge is 2.44. The lowest BCUT2D eigenvalue weighted by atomic mass is 9.75. The predicted octanol–water partition coefficient (Wildman–Crippen LogP) is 3.76. The SMILES string of the molecule is CC1CCCC2(C1)Nc1cc(Br)ccc1NC2=O. The molecule has 1 fully saturated rings. The van der Waals surface area contributed by atoms with Gasteiger partial charge >= 0.3 is 0 Å². The van der Waals surface area contributed by atoms with Crippen molar-refractivity contribution in [2.75, 3.05) is 10.6 Å². The molecule has 1 heterocycles. The Morgan fingerprint density at radius 1 is 1.39 bits per heavy atom. The number of fused-ring (bicyclic) bond motifs is 1. The molecule has 2 aliphatic rings. The lowest BCUT2D eigenvalue weighted by Gasteiger charge is -2.43. The zero-order chi connectivity index (χ0) is 12.8. The van der Waals surface area contributed by atoms with Crippen LogP contribution in [0.3, 0.4) is 0 Å². The maximum absolute atomic E-state index is 12.4. The molecule has 4 heteroatoms. The van der Waals surface area contributed by atoms with Crippen molar-refractivity contribution in [2.45, 2.75) is 38.1 Å². The van der Waals surface area contributed by atoms with Crippen LogP contribution in [0.1, 0.15) is 32.6 Å². The fraction of sp³-hybridized carbons (Fsp3) is 0.500. The minimum absolute atomic E-state index is 0.129. The van der Waals surface area contributed by atoms with Crippen molar-refractivity contribution < 1.29 is 4.79 Å². The van der Waals surface area contributed by atoms with Gasteiger partial charge in [-0.25, -0.2) is 0 Å². The van der Waals surface area contributed by atoms with Gasteiger partial charge in [-0.3, -0.25) is 4.79 Å². The molecule has 2 atom stereocenters. The van der Waals surface area contributed by atoms with Crippen LogP contribution in [0, 0.1) is 5.92 Å². The first-order valence-corrected chi connectivity index (χ1v) is 7.28. The van der Waals surface area contributed by atoms with E-state index in [0.29, 0.717) is 5.92 Å². The summed E-state index contributed by atoms with van der Waals surface area (Å²) in [6, 6.07) is 5.92. The summed E-state index contributed by atoms with van der Waals surface area (Å²) in [6.45, 7) is 2.23. The highest BCUT2D eigenvalue weighted by atomic mass is 79.9. The van der Waals surface area contributed by atoms with Gasteiger partial charge in [-0.05, 0) is 37.0 Å². The Balaban J connectivity index is 1.97. The average molecular weight is 309 g/mol. The van der Waals surface area contributed by atoms with Crippen LogP contribution in [-0.4, -0.2) is 11.4 Å². The molecule has 3 rings (SSSR count). The van der Waals surface area contributed by atoms with E-state index in [-0.39, 0.29) is 5.91 Å². The summed E-state index contributed by atoms with van der Waals surface area (Å²) in [5.74, 6) is 0.731. The third kappa shape index (κ3) is 1.92. The molecule has 1 aliphatic carbocycles. The minimum atomic E-state index is -0.397. The van der Waals surface area contributed by atoms with E-state index in [1.807, 2.05) is 18.2 Å². The van der Waals surface area contributed by atoms with Gasteiger partial charge in [0, 0.05) is 4.47 Å². The van der Waals surface area contributed by atoms with Gasteiger partial charge in [0.05, 0.1) is 11.4 Å². The smallest absolute Gasteiger partial charge is 0.250 e. The molecule has 1 amide bonds. The van der Waals surface area contributed by atoms with E-state index >= 15 is 0 Å². The van der Waals surface area contributed by atoms with Crippen LogP contribution < -0.4 is 10.6 Å². The molecular weight excluding hydrogens is 292 g/mol. The second-order valence-electron chi connectivity index (χ2n) is 5.55. The van der Waals surface area contributed by atoms with Crippen molar-refractivity contribution >= 4 is 33.2 Å². The number of hydrogen-bond acceptors (Lipinski definition) is 2. The zero-order valence-corrected chi connectivity index (χ0v) is 12.0. The Labute approximate surface area is 115 Å². The number of carbonyl (C=O) groups is 1. The number of amides is 1. The number of nitrogens with one attached hydrogen (secondary N) is 2. The fourth-order valence-corrected chi connectivity index (χ4v) is 3.52. The summed E-state index contributed by atoms with van der Waals surface area (Å²) in [6.07, 6.45) is 4.19.